The number of likely N-dealkylation sites (tertiary alicyclic amines) is 1. The number of aryl methyl sites for hydroxylation is 1. The number of nitrogens with two attached hydrogens (primary N) is 1. The van der Waals surface area contributed by atoms with E-state index in [2.05, 4.69) is 10.3 Å². The molecule has 0 radical (unpaired) electrons. The minimum absolute atomic E-state index is 0.0810. The molecule has 15 heavy (non-hydrogen) atoms. The first-order valence-corrected chi connectivity index (χ1v) is 5.04. The monoisotopic (exact) mass is 209 g/mol. The molecule has 0 aliphatic carbocycles. The van der Waals surface area contributed by atoms with Crippen molar-refractivity contribution in [1.29, 1.82) is 0 Å². The summed E-state index contributed by atoms with van der Waals surface area (Å²) in [5.41, 5.74) is 6.86. The van der Waals surface area contributed by atoms with Crippen molar-refractivity contribution in [2.24, 2.45) is 12.8 Å². The molecule has 0 saturated carbocycles. The Morgan fingerprint density at radius 1 is 1.67 bits per heavy atom. The van der Waals surface area contributed by atoms with Gasteiger partial charge in [0.2, 0.25) is 5.91 Å². The van der Waals surface area contributed by atoms with Gasteiger partial charge in [-0.05, 0) is 6.92 Å². The summed E-state index contributed by atoms with van der Waals surface area (Å²) in [6, 6.07) is -0.239. The lowest BCUT2D eigenvalue weighted by atomic mass is 10.1. The maximum absolute atomic E-state index is 11.6. The van der Waals surface area contributed by atoms with Crippen molar-refractivity contribution >= 4 is 5.91 Å². The Kier molecular flexibility index (Phi) is 2.44. The molecule has 1 aliphatic rings. The SMILES string of the molecule is CCN1C(=O)C[C@H](N)[C@H]1c1cnnn1C. The Morgan fingerprint density at radius 2 is 2.40 bits per heavy atom. The van der Waals surface area contributed by atoms with Gasteiger partial charge in [0.1, 0.15) is 0 Å². The largest absolute Gasteiger partial charge is 0.333 e. The first kappa shape index (κ1) is 10.1. The van der Waals surface area contributed by atoms with Crippen LogP contribution < -0.4 is 5.73 Å². The van der Waals surface area contributed by atoms with Gasteiger partial charge in [-0.3, -0.25) is 9.48 Å². The molecule has 0 spiro atoms. The van der Waals surface area contributed by atoms with Crippen LogP contribution in [0.3, 0.4) is 0 Å². The fourth-order valence-corrected chi connectivity index (χ4v) is 2.13. The smallest absolute Gasteiger partial charge is 0.224 e. The van der Waals surface area contributed by atoms with E-state index in [1.54, 1.807) is 15.8 Å². The number of rotatable bonds is 2. The van der Waals surface area contributed by atoms with Gasteiger partial charge in [-0.1, -0.05) is 5.21 Å². The Bertz CT molecular complexity index is 374. The fourth-order valence-electron chi connectivity index (χ4n) is 2.13. The van der Waals surface area contributed by atoms with Gasteiger partial charge in [0.15, 0.2) is 0 Å². The predicted octanol–water partition coefficient (Wildman–Crippen LogP) is -0.564. The molecule has 2 atom stereocenters. The Labute approximate surface area is 88.0 Å². The van der Waals surface area contributed by atoms with Crippen molar-refractivity contribution in [3.8, 4) is 0 Å². The topological polar surface area (TPSA) is 77.0 Å². The zero-order valence-electron chi connectivity index (χ0n) is 8.92. The summed E-state index contributed by atoms with van der Waals surface area (Å²) in [5, 5.41) is 7.68. The van der Waals surface area contributed by atoms with Crippen LogP contribution in [0, 0.1) is 0 Å². The minimum atomic E-state index is -0.158. The molecule has 1 saturated heterocycles. The lowest BCUT2D eigenvalue weighted by Gasteiger charge is -2.24. The highest BCUT2D eigenvalue weighted by molar-refractivity contribution is 5.80. The molecule has 1 aromatic heterocycles. The maximum Gasteiger partial charge on any atom is 0.224 e. The van der Waals surface area contributed by atoms with Crippen molar-refractivity contribution in [2.75, 3.05) is 6.54 Å². The van der Waals surface area contributed by atoms with Gasteiger partial charge in [-0.2, -0.15) is 0 Å². The molecular formula is C9H15N5O. The molecule has 0 aromatic carbocycles. The Hall–Kier alpha value is -1.43. The zero-order chi connectivity index (χ0) is 11.0. The summed E-state index contributed by atoms with van der Waals surface area (Å²) < 4.78 is 1.67. The van der Waals surface area contributed by atoms with Crippen LogP contribution >= 0.6 is 0 Å². The van der Waals surface area contributed by atoms with Crippen LogP contribution in [0.25, 0.3) is 0 Å². The van der Waals surface area contributed by atoms with Gasteiger partial charge < -0.3 is 10.6 Å². The second-order valence-electron chi connectivity index (χ2n) is 3.78. The third-order valence-corrected chi connectivity index (χ3v) is 2.87. The summed E-state index contributed by atoms with van der Waals surface area (Å²) in [4.78, 5) is 13.4. The van der Waals surface area contributed by atoms with Crippen molar-refractivity contribution in [3.63, 3.8) is 0 Å². The average molecular weight is 209 g/mol. The summed E-state index contributed by atoms with van der Waals surface area (Å²) in [6.45, 7) is 2.62. The fraction of sp³-hybridized carbons (Fsp3) is 0.667. The number of nitrogens with zero attached hydrogens (tertiary/aromatic N) is 4. The Morgan fingerprint density at radius 3 is 2.93 bits per heavy atom. The normalized spacial score (nSPS) is 26.3. The number of amides is 1. The third kappa shape index (κ3) is 1.50. The highest BCUT2D eigenvalue weighted by Crippen LogP contribution is 2.30. The van der Waals surface area contributed by atoms with E-state index in [0.29, 0.717) is 13.0 Å². The average Bonchev–Trinajstić information content (AvgIpc) is 2.70. The molecule has 82 valence electrons. The van der Waals surface area contributed by atoms with Crippen LogP contribution in [0.5, 0.6) is 0 Å². The molecule has 1 aromatic rings. The summed E-state index contributed by atoms with van der Waals surface area (Å²) >= 11 is 0. The standard InChI is InChI=1S/C9H15N5O/c1-3-14-8(15)4-6(10)9(14)7-5-11-12-13(7)2/h5-6,9H,3-4,10H2,1-2H3/t6-,9-/m0/s1. The van der Waals surface area contributed by atoms with E-state index in [-0.39, 0.29) is 18.0 Å². The molecular weight excluding hydrogens is 194 g/mol. The van der Waals surface area contributed by atoms with E-state index < -0.39 is 0 Å². The van der Waals surface area contributed by atoms with Gasteiger partial charge in [-0.15, -0.1) is 5.10 Å². The molecule has 2 heterocycles. The summed E-state index contributed by atoms with van der Waals surface area (Å²) in [7, 11) is 1.81. The van der Waals surface area contributed by atoms with E-state index in [1.807, 2.05) is 14.0 Å². The first-order chi connectivity index (χ1) is 7.15. The minimum Gasteiger partial charge on any atom is -0.333 e. The van der Waals surface area contributed by atoms with E-state index in [0.717, 1.165) is 5.69 Å². The second-order valence-corrected chi connectivity index (χ2v) is 3.78. The number of hydrogen-bond acceptors (Lipinski definition) is 4. The zero-order valence-corrected chi connectivity index (χ0v) is 8.92. The van der Waals surface area contributed by atoms with Crippen molar-refractivity contribution in [2.45, 2.75) is 25.4 Å². The van der Waals surface area contributed by atoms with Crippen LogP contribution in [-0.4, -0.2) is 38.4 Å². The number of hydrogen-bond donors (Lipinski definition) is 1. The van der Waals surface area contributed by atoms with E-state index in [1.165, 1.54) is 0 Å². The van der Waals surface area contributed by atoms with Gasteiger partial charge >= 0.3 is 0 Å². The van der Waals surface area contributed by atoms with Crippen LogP contribution in [0.1, 0.15) is 25.1 Å². The van der Waals surface area contributed by atoms with E-state index in [4.69, 9.17) is 5.73 Å². The maximum atomic E-state index is 11.6. The predicted molar refractivity (Wildman–Crippen MR) is 53.7 cm³/mol. The number of carbonyl (C=O) groups is 1. The van der Waals surface area contributed by atoms with Crippen molar-refractivity contribution in [3.05, 3.63) is 11.9 Å². The lowest BCUT2D eigenvalue weighted by Crippen LogP contribution is -2.34. The highest BCUT2D eigenvalue weighted by Gasteiger charge is 2.39. The number of likely N-dealkylation sites (N-methyl/N-ethyl adjacent to an activating group) is 1. The van der Waals surface area contributed by atoms with Gasteiger partial charge in [0, 0.05) is 26.1 Å². The molecule has 6 nitrogen and oxygen atoms in total. The van der Waals surface area contributed by atoms with Gasteiger partial charge in [-0.25, -0.2) is 0 Å². The first-order valence-electron chi connectivity index (χ1n) is 5.04. The van der Waals surface area contributed by atoms with Crippen LogP contribution in [0.15, 0.2) is 6.20 Å². The summed E-state index contributed by atoms with van der Waals surface area (Å²) in [6.07, 6.45) is 2.08. The summed E-state index contributed by atoms with van der Waals surface area (Å²) in [5.74, 6) is 0.108. The lowest BCUT2D eigenvalue weighted by molar-refractivity contribution is -0.128. The van der Waals surface area contributed by atoms with Crippen LogP contribution in [0.2, 0.25) is 0 Å². The molecule has 1 fully saturated rings. The van der Waals surface area contributed by atoms with Crippen molar-refractivity contribution in [1.82, 2.24) is 19.9 Å². The van der Waals surface area contributed by atoms with Crippen LogP contribution in [0.4, 0.5) is 0 Å². The second kappa shape index (κ2) is 3.62. The molecule has 6 heteroatoms. The quantitative estimate of drug-likeness (QED) is 0.708. The van der Waals surface area contributed by atoms with Gasteiger partial charge in [0.05, 0.1) is 17.9 Å². The highest BCUT2D eigenvalue weighted by atomic mass is 16.2. The van der Waals surface area contributed by atoms with E-state index in [9.17, 15) is 4.79 Å². The molecule has 0 bridgehead atoms. The molecule has 2 N–H and O–H groups in total. The van der Waals surface area contributed by atoms with Crippen LogP contribution in [-0.2, 0) is 11.8 Å². The molecule has 1 aliphatic heterocycles. The van der Waals surface area contributed by atoms with E-state index >= 15 is 0 Å². The van der Waals surface area contributed by atoms with Crippen molar-refractivity contribution < 1.29 is 4.79 Å². The third-order valence-electron chi connectivity index (χ3n) is 2.87. The molecule has 1 amide bonds. The molecule has 2 rings (SSSR count). The molecule has 0 unspecified atom stereocenters. The number of aromatic nitrogens is 3. The van der Waals surface area contributed by atoms with Gasteiger partial charge in [0.25, 0.3) is 0 Å². The number of carbonyl (C=O) groups excluding carboxylic acids is 1. The Balaban J connectivity index is 2.35.